The maximum atomic E-state index is 10.5. The predicted octanol–water partition coefficient (Wildman–Crippen LogP) is 1.38. The summed E-state index contributed by atoms with van der Waals surface area (Å²) in [6, 6.07) is 6.21. The lowest BCUT2D eigenvalue weighted by Crippen LogP contribution is -1.88. The second-order valence-corrected chi connectivity index (χ2v) is 2.64. The van der Waals surface area contributed by atoms with Gasteiger partial charge in [0, 0.05) is 17.7 Å². The van der Waals surface area contributed by atoms with Gasteiger partial charge in [0.05, 0.1) is 4.92 Å². The van der Waals surface area contributed by atoms with Crippen molar-refractivity contribution >= 4 is 5.69 Å². The fourth-order valence-electron chi connectivity index (χ4n) is 1.11. The molecule has 1 N–H and O–H groups in total. The third-order valence-corrected chi connectivity index (χ3v) is 1.75. The number of nitro benzene ring substituents is 1. The summed E-state index contributed by atoms with van der Waals surface area (Å²) in [5.41, 5.74) is 0.690. The van der Waals surface area contributed by atoms with Crippen molar-refractivity contribution in [3.05, 3.63) is 40.7 Å². The summed E-state index contributed by atoms with van der Waals surface area (Å²) in [4.78, 5) is 12.8. The highest BCUT2D eigenvalue weighted by Gasteiger charge is 2.08. The van der Waals surface area contributed by atoms with Crippen molar-refractivity contribution in [2.75, 3.05) is 0 Å². The number of nitrogens with one attached hydrogen (secondary N) is 1. The maximum absolute atomic E-state index is 10.5. The fraction of sp³-hybridized carbons (Fsp3) is 0. The molecule has 1 aromatic carbocycles. The van der Waals surface area contributed by atoms with E-state index < -0.39 is 4.92 Å². The Hall–Kier alpha value is -2.24. The third kappa shape index (κ3) is 1.45. The molecule has 0 atom stereocenters. The molecule has 0 aliphatic heterocycles. The van der Waals surface area contributed by atoms with E-state index in [1.807, 2.05) is 0 Å². The maximum Gasteiger partial charge on any atom is 0.270 e. The Morgan fingerprint density at radius 3 is 2.93 bits per heavy atom. The molecule has 1 heterocycles. The van der Waals surface area contributed by atoms with Crippen LogP contribution in [0.25, 0.3) is 11.4 Å². The molecule has 6 nitrogen and oxygen atoms in total. The first kappa shape index (κ1) is 8.36. The zero-order valence-electron chi connectivity index (χ0n) is 7.04. The van der Waals surface area contributed by atoms with Crippen LogP contribution in [-0.4, -0.2) is 20.1 Å². The SMILES string of the molecule is O=[N+]([O-])c1cccc(-c2nnc[nH]2)c1. The van der Waals surface area contributed by atoms with Crippen LogP contribution in [0, 0.1) is 10.1 Å². The number of nitrogens with zero attached hydrogens (tertiary/aromatic N) is 3. The highest BCUT2D eigenvalue weighted by Crippen LogP contribution is 2.19. The number of hydrogen-bond donors (Lipinski definition) is 1. The van der Waals surface area contributed by atoms with Crippen LogP contribution < -0.4 is 0 Å². The van der Waals surface area contributed by atoms with Crippen molar-refractivity contribution < 1.29 is 4.92 Å². The van der Waals surface area contributed by atoms with Crippen LogP contribution in [0.5, 0.6) is 0 Å². The molecule has 0 fully saturated rings. The first-order chi connectivity index (χ1) is 6.77. The van der Waals surface area contributed by atoms with Crippen LogP contribution in [0.1, 0.15) is 0 Å². The zero-order valence-corrected chi connectivity index (χ0v) is 7.04. The third-order valence-electron chi connectivity index (χ3n) is 1.75. The fourth-order valence-corrected chi connectivity index (χ4v) is 1.11. The molecule has 6 heteroatoms. The van der Waals surface area contributed by atoms with Crippen molar-refractivity contribution in [3.8, 4) is 11.4 Å². The summed E-state index contributed by atoms with van der Waals surface area (Å²) in [6.07, 6.45) is 1.42. The Morgan fingerprint density at radius 2 is 2.29 bits per heavy atom. The van der Waals surface area contributed by atoms with E-state index in [-0.39, 0.29) is 5.69 Å². The first-order valence-corrected chi connectivity index (χ1v) is 3.88. The summed E-state index contributed by atoms with van der Waals surface area (Å²) in [6.45, 7) is 0. The smallest absolute Gasteiger partial charge is 0.270 e. The predicted molar refractivity (Wildman–Crippen MR) is 48.5 cm³/mol. The van der Waals surface area contributed by atoms with Gasteiger partial charge in [-0.15, -0.1) is 10.2 Å². The minimum atomic E-state index is -0.445. The molecule has 0 aliphatic rings. The summed E-state index contributed by atoms with van der Waals surface area (Å²) in [5, 5.41) is 17.8. The molecule has 0 spiro atoms. The standard InChI is InChI=1S/C8H6N4O2/c13-12(14)7-3-1-2-6(4-7)8-9-5-10-11-8/h1-5H,(H,9,10,11). The van der Waals surface area contributed by atoms with Gasteiger partial charge in [0.15, 0.2) is 5.82 Å². The lowest BCUT2D eigenvalue weighted by molar-refractivity contribution is -0.384. The van der Waals surface area contributed by atoms with Gasteiger partial charge in [-0.2, -0.15) is 0 Å². The quantitative estimate of drug-likeness (QED) is 0.572. The summed E-state index contributed by atoms with van der Waals surface area (Å²) < 4.78 is 0. The number of benzene rings is 1. The van der Waals surface area contributed by atoms with Crippen LogP contribution in [0.2, 0.25) is 0 Å². The van der Waals surface area contributed by atoms with Crippen LogP contribution in [0.3, 0.4) is 0 Å². The van der Waals surface area contributed by atoms with E-state index in [4.69, 9.17) is 0 Å². The lowest BCUT2D eigenvalue weighted by Gasteiger charge is -1.95. The van der Waals surface area contributed by atoms with Crippen molar-refractivity contribution in [1.29, 1.82) is 0 Å². The van der Waals surface area contributed by atoms with Gasteiger partial charge in [0.1, 0.15) is 6.33 Å². The van der Waals surface area contributed by atoms with E-state index in [2.05, 4.69) is 15.2 Å². The van der Waals surface area contributed by atoms with Crippen molar-refractivity contribution in [1.82, 2.24) is 15.2 Å². The van der Waals surface area contributed by atoms with Gasteiger partial charge in [0.2, 0.25) is 0 Å². The van der Waals surface area contributed by atoms with Gasteiger partial charge in [-0.1, -0.05) is 12.1 Å². The number of aromatic amines is 1. The molecular formula is C8H6N4O2. The normalized spacial score (nSPS) is 10.0. The Kier molecular flexibility index (Phi) is 1.94. The van der Waals surface area contributed by atoms with E-state index >= 15 is 0 Å². The number of non-ortho nitro benzene ring substituents is 1. The topological polar surface area (TPSA) is 84.7 Å². The van der Waals surface area contributed by atoms with E-state index in [9.17, 15) is 10.1 Å². The van der Waals surface area contributed by atoms with Crippen LogP contribution >= 0.6 is 0 Å². The Bertz CT molecular complexity index is 452. The molecule has 0 radical (unpaired) electrons. The summed E-state index contributed by atoms with van der Waals surface area (Å²) in [5.74, 6) is 0.522. The van der Waals surface area contributed by atoms with E-state index in [0.717, 1.165) is 0 Å². The number of aromatic nitrogens is 3. The molecule has 2 rings (SSSR count). The molecule has 70 valence electrons. The van der Waals surface area contributed by atoms with E-state index in [1.165, 1.54) is 18.5 Å². The second kappa shape index (κ2) is 3.25. The summed E-state index contributed by atoms with van der Waals surface area (Å²) >= 11 is 0. The molecule has 0 bridgehead atoms. The molecule has 0 saturated carbocycles. The highest BCUT2D eigenvalue weighted by molar-refractivity contribution is 5.58. The van der Waals surface area contributed by atoms with Gasteiger partial charge in [-0.3, -0.25) is 10.1 Å². The van der Waals surface area contributed by atoms with Crippen LogP contribution in [0.15, 0.2) is 30.6 Å². The summed E-state index contributed by atoms with van der Waals surface area (Å²) in [7, 11) is 0. The molecule has 2 aromatic rings. The average molecular weight is 190 g/mol. The highest BCUT2D eigenvalue weighted by atomic mass is 16.6. The molecular weight excluding hydrogens is 184 g/mol. The van der Waals surface area contributed by atoms with Gasteiger partial charge < -0.3 is 4.98 Å². The van der Waals surface area contributed by atoms with Gasteiger partial charge in [-0.05, 0) is 0 Å². The number of H-pyrrole nitrogens is 1. The average Bonchev–Trinajstić information content (AvgIpc) is 2.71. The Labute approximate surface area is 78.8 Å². The monoisotopic (exact) mass is 190 g/mol. The van der Waals surface area contributed by atoms with Gasteiger partial charge in [0.25, 0.3) is 5.69 Å². The van der Waals surface area contributed by atoms with Crippen LogP contribution in [-0.2, 0) is 0 Å². The van der Waals surface area contributed by atoms with Gasteiger partial charge in [-0.25, -0.2) is 0 Å². The first-order valence-electron chi connectivity index (χ1n) is 3.88. The van der Waals surface area contributed by atoms with E-state index in [0.29, 0.717) is 11.4 Å². The largest absolute Gasteiger partial charge is 0.328 e. The Balaban J connectivity index is 2.46. The molecule has 14 heavy (non-hydrogen) atoms. The lowest BCUT2D eigenvalue weighted by atomic mass is 10.2. The van der Waals surface area contributed by atoms with Crippen LogP contribution in [0.4, 0.5) is 5.69 Å². The van der Waals surface area contributed by atoms with Crippen molar-refractivity contribution in [3.63, 3.8) is 0 Å². The van der Waals surface area contributed by atoms with Gasteiger partial charge >= 0.3 is 0 Å². The zero-order chi connectivity index (χ0) is 9.97. The van der Waals surface area contributed by atoms with E-state index in [1.54, 1.807) is 12.1 Å². The number of rotatable bonds is 2. The Morgan fingerprint density at radius 1 is 1.43 bits per heavy atom. The minimum Gasteiger partial charge on any atom is -0.328 e. The second-order valence-electron chi connectivity index (χ2n) is 2.64. The molecule has 0 saturated heterocycles. The molecule has 0 aliphatic carbocycles. The molecule has 0 unspecified atom stereocenters. The minimum absolute atomic E-state index is 0.0406. The molecule has 0 amide bonds. The van der Waals surface area contributed by atoms with Crippen molar-refractivity contribution in [2.24, 2.45) is 0 Å². The molecule has 1 aromatic heterocycles. The number of nitro groups is 1. The van der Waals surface area contributed by atoms with Crippen molar-refractivity contribution in [2.45, 2.75) is 0 Å². The number of hydrogen-bond acceptors (Lipinski definition) is 4.